The molecule has 0 bridgehead atoms. The summed E-state index contributed by atoms with van der Waals surface area (Å²) in [6.07, 6.45) is 0.994. The zero-order valence-electron chi connectivity index (χ0n) is 13.0. The molecule has 3 nitrogen and oxygen atoms in total. The van der Waals surface area contributed by atoms with Crippen LogP contribution in [0.5, 0.6) is 11.5 Å². The summed E-state index contributed by atoms with van der Waals surface area (Å²) in [5.74, 6) is 1.34. The summed E-state index contributed by atoms with van der Waals surface area (Å²) in [5.41, 5.74) is 0.461. The van der Waals surface area contributed by atoms with Crippen LogP contribution in [0.4, 0.5) is 0 Å². The van der Waals surface area contributed by atoms with Crippen LogP contribution in [0.25, 0.3) is 0 Å². The molecule has 0 saturated heterocycles. The van der Waals surface area contributed by atoms with Gasteiger partial charge in [0.2, 0.25) is 0 Å². The van der Waals surface area contributed by atoms with E-state index in [1.165, 1.54) is 0 Å². The average Bonchev–Trinajstić information content (AvgIpc) is 2.50. The normalized spacial score (nSPS) is 10.7. The molecule has 0 saturated carbocycles. The van der Waals surface area contributed by atoms with Crippen molar-refractivity contribution in [3.63, 3.8) is 0 Å². The molecule has 0 amide bonds. The Hall–Kier alpha value is -1.52. The minimum absolute atomic E-state index is 0.427. The van der Waals surface area contributed by atoms with Crippen molar-refractivity contribution in [2.24, 2.45) is 5.92 Å². The third kappa shape index (κ3) is 5.56. The zero-order chi connectivity index (χ0) is 16.8. The van der Waals surface area contributed by atoms with E-state index < -0.39 is 5.97 Å². The smallest absolute Gasteiger partial charge is 0.343 e. The highest BCUT2D eigenvalue weighted by Gasteiger charge is 2.11. The molecule has 2 aromatic rings. The first-order valence-corrected chi connectivity index (χ1v) is 8.53. The molecule has 122 valence electrons. The summed E-state index contributed by atoms with van der Waals surface area (Å²) in [7, 11) is 0. The second kappa shape index (κ2) is 8.37. The average molecular weight is 398 g/mol. The Morgan fingerprint density at radius 3 is 2.48 bits per heavy atom. The molecule has 23 heavy (non-hydrogen) atoms. The molecular weight excluding hydrogens is 380 g/mol. The predicted octanol–water partition coefficient (Wildman–Crippen LogP) is 5.75. The first kappa shape index (κ1) is 17.8. The Labute approximate surface area is 149 Å². The highest BCUT2D eigenvalue weighted by molar-refractivity contribution is 9.10. The third-order valence-electron chi connectivity index (χ3n) is 3.15. The van der Waals surface area contributed by atoms with Crippen molar-refractivity contribution in [3.05, 3.63) is 57.5 Å². The maximum atomic E-state index is 12.1. The lowest BCUT2D eigenvalue weighted by Gasteiger charge is -2.09. The molecule has 0 unspecified atom stereocenters. The van der Waals surface area contributed by atoms with Crippen molar-refractivity contribution in [2.45, 2.75) is 20.3 Å². The molecule has 0 aromatic heterocycles. The Morgan fingerprint density at radius 2 is 1.87 bits per heavy atom. The summed E-state index contributed by atoms with van der Waals surface area (Å²) < 4.78 is 11.6. The molecule has 0 N–H and O–H groups in total. The van der Waals surface area contributed by atoms with Crippen LogP contribution in [-0.4, -0.2) is 12.6 Å². The number of hydrogen-bond acceptors (Lipinski definition) is 3. The molecule has 0 radical (unpaired) electrons. The van der Waals surface area contributed by atoms with Crippen LogP contribution >= 0.6 is 27.5 Å². The van der Waals surface area contributed by atoms with Gasteiger partial charge in [-0.25, -0.2) is 4.79 Å². The molecule has 0 aliphatic rings. The van der Waals surface area contributed by atoms with E-state index in [2.05, 4.69) is 29.8 Å². The van der Waals surface area contributed by atoms with E-state index in [4.69, 9.17) is 21.1 Å². The largest absolute Gasteiger partial charge is 0.494 e. The number of esters is 1. The van der Waals surface area contributed by atoms with Crippen LogP contribution in [0.2, 0.25) is 5.02 Å². The van der Waals surface area contributed by atoms with E-state index in [1.807, 2.05) is 0 Å². The van der Waals surface area contributed by atoms with Gasteiger partial charge in [-0.2, -0.15) is 0 Å². The summed E-state index contributed by atoms with van der Waals surface area (Å²) in [4.78, 5) is 12.1. The summed E-state index contributed by atoms with van der Waals surface area (Å²) in [5, 5.41) is 0.569. The van der Waals surface area contributed by atoms with Crippen molar-refractivity contribution >= 4 is 33.5 Å². The van der Waals surface area contributed by atoms with Gasteiger partial charge in [-0.05, 0) is 70.7 Å². The number of hydrogen-bond donors (Lipinski definition) is 0. The predicted molar refractivity (Wildman–Crippen MR) is 95.5 cm³/mol. The van der Waals surface area contributed by atoms with E-state index in [1.54, 1.807) is 42.5 Å². The van der Waals surface area contributed by atoms with E-state index in [0.29, 0.717) is 33.3 Å². The molecule has 0 fully saturated rings. The molecule has 5 heteroatoms. The van der Waals surface area contributed by atoms with Crippen LogP contribution in [0.15, 0.2) is 46.9 Å². The lowest BCUT2D eigenvalue weighted by Crippen LogP contribution is -2.09. The maximum Gasteiger partial charge on any atom is 0.343 e. The van der Waals surface area contributed by atoms with Crippen molar-refractivity contribution in [1.82, 2.24) is 0 Å². The quantitative estimate of drug-likeness (QED) is 0.460. The van der Waals surface area contributed by atoms with Gasteiger partial charge in [-0.15, -0.1) is 0 Å². The SMILES string of the molecule is CC(C)CCOc1ccc(C(=O)Oc2ccc(Cl)cc2Br)cc1. The maximum absolute atomic E-state index is 12.1. The summed E-state index contributed by atoms with van der Waals surface area (Å²) >= 11 is 9.18. The first-order valence-electron chi connectivity index (χ1n) is 7.36. The van der Waals surface area contributed by atoms with Gasteiger partial charge in [0.1, 0.15) is 11.5 Å². The van der Waals surface area contributed by atoms with E-state index in [9.17, 15) is 4.79 Å². The van der Waals surface area contributed by atoms with Gasteiger partial charge in [0, 0.05) is 5.02 Å². The Kier molecular flexibility index (Phi) is 6.48. The Balaban J connectivity index is 1.97. The van der Waals surface area contributed by atoms with E-state index >= 15 is 0 Å². The standard InChI is InChI=1S/C18H18BrClO3/c1-12(2)9-10-22-15-6-3-13(4-7-15)18(21)23-17-8-5-14(20)11-16(17)19/h3-8,11-12H,9-10H2,1-2H3. The molecule has 2 rings (SSSR count). The number of halogens is 2. The number of ether oxygens (including phenoxy) is 2. The molecule has 2 aromatic carbocycles. The van der Waals surface area contributed by atoms with Gasteiger partial charge in [-0.3, -0.25) is 0 Å². The second-order valence-electron chi connectivity index (χ2n) is 5.52. The van der Waals surface area contributed by atoms with Crippen molar-refractivity contribution in [2.75, 3.05) is 6.61 Å². The van der Waals surface area contributed by atoms with Crippen LogP contribution in [-0.2, 0) is 0 Å². The van der Waals surface area contributed by atoms with Gasteiger partial charge in [-0.1, -0.05) is 25.4 Å². The number of carbonyl (C=O) groups is 1. The van der Waals surface area contributed by atoms with Crippen LogP contribution < -0.4 is 9.47 Å². The van der Waals surface area contributed by atoms with Crippen molar-refractivity contribution < 1.29 is 14.3 Å². The number of benzene rings is 2. The van der Waals surface area contributed by atoms with Gasteiger partial charge < -0.3 is 9.47 Å². The van der Waals surface area contributed by atoms with E-state index in [-0.39, 0.29) is 0 Å². The topological polar surface area (TPSA) is 35.5 Å². The van der Waals surface area contributed by atoms with Crippen molar-refractivity contribution in [1.29, 1.82) is 0 Å². The molecule has 0 atom stereocenters. The van der Waals surface area contributed by atoms with Gasteiger partial charge in [0.15, 0.2) is 0 Å². The number of rotatable bonds is 6. The van der Waals surface area contributed by atoms with Gasteiger partial charge in [0.05, 0.1) is 16.6 Å². The lowest BCUT2D eigenvalue weighted by molar-refractivity contribution is 0.0733. The highest BCUT2D eigenvalue weighted by atomic mass is 79.9. The Morgan fingerprint density at radius 1 is 1.17 bits per heavy atom. The second-order valence-corrected chi connectivity index (χ2v) is 6.81. The fourth-order valence-corrected chi connectivity index (χ4v) is 2.58. The number of carbonyl (C=O) groups excluding carboxylic acids is 1. The fraction of sp³-hybridized carbons (Fsp3) is 0.278. The third-order valence-corrected chi connectivity index (χ3v) is 4.01. The van der Waals surface area contributed by atoms with E-state index in [0.717, 1.165) is 12.2 Å². The first-order chi connectivity index (χ1) is 11.0. The molecular formula is C18H18BrClO3. The van der Waals surface area contributed by atoms with Crippen molar-refractivity contribution in [3.8, 4) is 11.5 Å². The van der Waals surface area contributed by atoms with Crippen LogP contribution in [0.3, 0.4) is 0 Å². The summed E-state index contributed by atoms with van der Waals surface area (Å²) in [6, 6.07) is 11.9. The van der Waals surface area contributed by atoms with Crippen LogP contribution in [0.1, 0.15) is 30.6 Å². The van der Waals surface area contributed by atoms with Gasteiger partial charge in [0.25, 0.3) is 0 Å². The molecule has 0 aliphatic carbocycles. The monoisotopic (exact) mass is 396 g/mol. The minimum atomic E-state index is -0.429. The molecule has 0 heterocycles. The molecule has 0 aliphatic heterocycles. The lowest BCUT2D eigenvalue weighted by atomic mass is 10.1. The summed E-state index contributed by atoms with van der Waals surface area (Å²) in [6.45, 7) is 4.97. The minimum Gasteiger partial charge on any atom is -0.494 e. The molecule has 0 spiro atoms. The zero-order valence-corrected chi connectivity index (χ0v) is 15.4. The van der Waals surface area contributed by atoms with Crippen LogP contribution in [0, 0.1) is 5.92 Å². The fourth-order valence-electron chi connectivity index (χ4n) is 1.82. The van der Waals surface area contributed by atoms with Gasteiger partial charge >= 0.3 is 5.97 Å². The Bertz CT molecular complexity index is 668. The highest BCUT2D eigenvalue weighted by Crippen LogP contribution is 2.28.